The first-order chi connectivity index (χ1) is 15.4. The first kappa shape index (κ1) is 22.6. The molecular weight excluding hydrogens is 508 g/mol. The molecule has 0 saturated heterocycles. The van der Waals surface area contributed by atoms with Crippen molar-refractivity contribution in [2.24, 2.45) is 0 Å². The quantitative estimate of drug-likeness (QED) is 0.284. The second kappa shape index (κ2) is 9.90. The molecule has 0 fully saturated rings. The number of anilines is 1. The number of hydrogen-bond acceptors (Lipinski definition) is 4. The van der Waals surface area contributed by atoms with Crippen molar-refractivity contribution in [3.05, 3.63) is 87.4 Å². The van der Waals surface area contributed by atoms with Gasteiger partial charge in [0.2, 0.25) is 5.91 Å². The number of rotatable bonds is 6. The average molecular weight is 528 g/mol. The van der Waals surface area contributed by atoms with E-state index in [-0.39, 0.29) is 11.7 Å². The summed E-state index contributed by atoms with van der Waals surface area (Å²) in [5.74, 6) is 0.797. The summed E-state index contributed by atoms with van der Waals surface area (Å²) in [5, 5.41) is 13.1. The van der Waals surface area contributed by atoms with E-state index in [1.165, 1.54) is 11.8 Å². The number of halogens is 2. The molecule has 3 aromatic carbocycles. The van der Waals surface area contributed by atoms with Gasteiger partial charge in [-0.2, -0.15) is 0 Å². The molecule has 32 heavy (non-hydrogen) atoms. The molecule has 4 rings (SSSR count). The Hall–Kier alpha value is -2.61. The standard InChI is InChI=1S/C24H20BrClN4OS/c1-15-4-3-5-20(12-15)30-23(17-6-9-19(26)10-7-17)28-29-24(30)32-14-22(31)27-21-11-8-18(25)13-16(21)2/h3-13H,14H2,1-2H3,(H,27,31). The molecule has 4 aromatic rings. The van der Waals surface area contributed by atoms with Crippen LogP contribution < -0.4 is 5.32 Å². The first-order valence-electron chi connectivity index (χ1n) is 9.88. The Bertz CT molecular complexity index is 1270. The molecule has 0 bridgehead atoms. The van der Waals surface area contributed by atoms with Crippen LogP contribution in [0.15, 0.2) is 76.4 Å². The zero-order valence-electron chi connectivity index (χ0n) is 17.5. The van der Waals surface area contributed by atoms with Crippen molar-refractivity contribution in [1.82, 2.24) is 14.8 Å². The van der Waals surface area contributed by atoms with Crippen LogP contribution in [0, 0.1) is 13.8 Å². The summed E-state index contributed by atoms with van der Waals surface area (Å²) in [6, 6.07) is 21.3. The van der Waals surface area contributed by atoms with E-state index < -0.39 is 0 Å². The van der Waals surface area contributed by atoms with Gasteiger partial charge in [-0.05, 0) is 79.6 Å². The highest BCUT2D eigenvalue weighted by molar-refractivity contribution is 9.10. The highest BCUT2D eigenvalue weighted by atomic mass is 79.9. The normalized spacial score (nSPS) is 10.9. The van der Waals surface area contributed by atoms with E-state index >= 15 is 0 Å². The van der Waals surface area contributed by atoms with Crippen molar-refractivity contribution in [2.45, 2.75) is 19.0 Å². The van der Waals surface area contributed by atoms with E-state index in [4.69, 9.17) is 11.6 Å². The minimum atomic E-state index is -0.104. The SMILES string of the molecule is Cc1cccc(-n2c(SCC(=O)Nc3ccc(Br)cc3C)nnc2-c2ccc(Cl)cc2)c1. The maximum absolute atomic E-state index is 12.6. The zero-order valence-corrected chi connectivity index (χ0v) is 20.6. The molecule has 1 aromatic heterocycles. The fourth-order valence-corrected chi connectivity index (χ4v) is 4.59. The van der Waals surface area contributed by atoms with Crippen molar-refractivity contribution >= 4 is 50.9 Å². The zero-order chi connectivity index (χ0) is 22.7. The van der Waals surface area contributed by atoms with Gasteiger partial charge in [0.1, 0.15) is 0 Å². The van der Waals surface area contributed by atoms with Crippen LogP contribution in [0.25, 0.3) is 17.1 Å². The predicted octanol–water partition coefficient (Wildman–Crippen LogP) is 6.70. The molecule has 0 aliphatic carbocycles. The lowest BCUT2D eigenvalue weighted by Gasteiger charge is -2.12. The number of amides is 1. The number of aromatic nitrogens is 3. The third-order valence-electron chi connectivity index (χ3n) is 4.79. The van der Waals surface area contributed by atoms with E-state index in [1.807, 2.05) is 79.1 Å². The van der Waals surface area contributed by atoms with Gasteiger partial charge in [-0.3, -0.25) is 9.36 Å². The van der Waals surface area contributed by atoms with Crippen molar-refractivity contribution in [3.63, 3.8) is 0 Å². The lowest BCUT2D eigenvalue weighted by Crippen LogP contribution is -2.15. The number of benzene rings is 3. The van der Waals surface area contributed by atoms with Crippen LogP contribution in [0.1, 0.15) is 11.1 Å². The summed E-state index contributed by atoms with van der Waals surface area (Å²) in [7, 11) is 0. The van der Waals surface area contributed by atoms with Gasteiger partial charge in [-0.15, -0.1) is 10.2 Å². The Morgan fingerprint density at radius 3 is 2.56 bits per heavy atom. The van der Waals surface area contributed by atoms with Gasteiger partial charge < -0.3 is 5.32 Å². The molecule has 0 saturated carbocycles. The van der Waals surface area contributed by atoms with Gasteiger partial charge in [0.05, 0.1) is 5.75 Å². The predicted molar refractivity (Wildman–Crippen MR) is 135 cm³/mol. The Labute approximate surface area is 204 Å². The molecule has 5 nitrogen and oxygen atoms in total. The molecule has 0 aliphatic heterocycles. The second-order valence-electron chi connectivity index (χ2n) is 7.28. The van der Waals surface area contributed by atoms with Gasteiger partial charge in [-0.25, -0.2) is 0 Å². The van der Waals surface area contributed by atoms with Gasteiger partial charge >= 0.3 is 0 Å². The van der Waals surface area contributed by atoms with Crippen LogP contribution in [0.2, 0.25) is 5.02 Å². The summed E-state index contributed by atoms with van der Waals surface area (Å²) in [4.78, 5) is 12.6. The minimum absolute atomic E-state index is 0.104. The van der Waals surface area contributed by atoms with Crippen molar-refractivity contribution in [3.8, 4) is 17.1 Å². The van der Waals surface area contributed by atoms with Crippen LogP contribution in [0.5, 0.6) is 0 Å². The number of hydrogen-bond donors (Lipinski definition) is 1. The maximum Gasteiger partial charge on any atom is 0.234 e. The number of nitrogens with zero attached hydrogens (tertiary/aromatic N) is 3. The van der Waals surface area contributed by atoms with Crippen molar-refractivity contribution in [2.75, 3.05) is 11.1 Å². The summed E-state index contributed by atoms with van der Waals surface area (Å²) in [6.07, 6.45) is 0. The highest BCUT2D eigenvalue weighted by Crippen LogP contribution is 2.29. The van der Waals surface area contributed by atoms with E-state index in [9.17, 15) is 4.79 Å². The van der Waals surface area contributed by atoms with Crippen molar-refractivity contribution < 1.29 is 4.79 Å². The van der Waals surface area contributed by atoms with E-state index in [1.54, 1.807) is 0 Å². The Kier molecular flexibility index (Phi) is 6.98. The molecule has 0 radical (unpaired) electrons. The van der Waals surface area contributed by atoms with Crippen molar-refractivity contribution in [1.29, 1.82) is 0 Å². The molecule has 162 valence electrons. The van der Waals surface area contributed by atoms with Gasteiger partial charge in [0.15, 0.2) is 11.0 Å². The number of carbonyl (C=O) groups excluding carboxylic acids is 1. The topological polar surface area (TPSA) is 59.8 Å². The maximum atomic E-state index is 12.6. The van der Waals surface area contributed by atoms with Gasteiger partial charge in [0, 0.05) is 26.4 Å². The van der Waals surface area contributed by atoms with Crippen LogP contribution in [0.4, 0.5) is 5.69 Å². The van der Waals surface area contributed by atoms with Crippen LogP contribution in [-0.2, 0) is 4.79 Å². The van der Waals surface area contributed by atoms with E-state index in [0.29, 0.717) is 16.0 Å². The monoisotopic (exact) mass is 526 g/mol. The van der Waals surface area contributed by atoms with E-state index in [0.717, 1.165) is 32.5 Å². The minimum Gasteiger partial charge on any atom is -0.325 e. The molecule has 0 atom stereocenters. The highest BCUT2D eigenvalue weighted by Gasteiger charge is 2.18. The lowest BCUT2D eigenvalue weighted by molar-refractivity contribution is -0.113. The molecule has 8 heteroatoms. The van der Waals surface area contributed by atoms with E-state index in [2.05, 4.69) is 37.5 Å². The third-order valence-corrected chi connectivity index (χ3v) is 6.46. The summed E-state index contributed by atoms with van der Waals surface area (Å²) < 4.78 is 2.95. The molecule has 0 spiro atoms. The number of nitrogens with one attached hydrogen (secondary N) is 1. The fraction of sp³-hybridized carbons (Fsp3) is 0.125. The Morgan fingerprint density at radius 2 is 1.84 bits per heavy atom. The molecule has 1 heterocycles. The molecule has 1 amide bonds. The first-order valence-corrected chi connectivity index (χ1v) is 12.0. The molecular formula is C24H20BrClN4OS. The van der Waals surface area contributed by atoms with Gasteiger partial charge in [0.25, 0.3) is 0 Å². The number of carbonyl (C=O) groups is 1. The third kappa shape index (κ3) is 5.23. The molecule has 0 aliphatic rings. The number of thioether (sulfide) groups is 1. The lowest BCUT2D eigenvalue weighted by atomic mass is 10.2. The smallest absolute Gasteiger partial charge is 0.234 e. The number of aryl methyl sites for hydroxylation is 2. The second-order valence-corrected chi connectivity index (χ2v) is 9.58. The summed E-state index contributed by atoms with van der Waals surface area (Å²) in [5.41, 5.74) is 4.74. The molecule has 1 N–H and O–H groups in total. The fourth-order valence-electron chi connectivity index (χ4n) is 3.23. The summed E-state index contributed by atoms with van der Waals surface area (Å²) >= 11 is 10.8. The average Bonchev–Trinajstić information content (AvgIpc) is 3.19. The largest absolute Gasteiger partial charge is 0.325 e. The van der Waals surface area contributed by atoms with Crippen LogP contribution >= 0.6 is 39.3 Å². The Morgan fingerprint density at radius 1 is 1.06 bits per heavy atom. The van der Waals surface area contributed by atoms with Crippen LogP contribution in [0.3, 0.4) is 0 Å². The molecule has 0 unspecified atom stereocenters. The Balaban J connectivity index is 1.60. The van der Waals surface area contributed by atoms with Gasteiger partial charge in [-0.1, -0.05) is 51.4 Å². The van der Waals surface area contributed by atoms with Crippen LogP contribution in [-0.4, -0.2) is 26.4 Å². The summed E-state index contributed by atoms with van der Waals surface area (Å²) in [6.45, 7) is 4.00.